The zero-order valence-corrected chi connectivity index (χ0v) is 6.71. The number of rotatable bonds is 0. The van der Waals surface area contributed by atoms with E-state index in [0.717, 1.165) is 0 Å². The second-order valence-electron chi connectivity index (χ2n) is 2.23. The van der Waals surface area contributed by atoms with Gasteiger partial charge in [-0.25, -0.2) is 0 Å². The van der Waals surface area contributed by atoms with Crippen LogP contribution in [-0.2, 0) is 0 Å². The lowest BCUT2D eigenvalue weighted by Gasteiger charge is -2.08. The van der Waals surface area contributed by atoms with Crippen LogP contribution in [0.2, 0.25) is 0 Å². The van der Waals surface area contributed by atoms with Crippen molar-refractivity contribution in [1.82, 2.24) is 0 Å². The summed E-state index contributed by atoms with van der Waals surface area (Å²) >= 11 is 1.74. The summed E-state index contributed by atoms with van der Waals surface area (Å²) in [7, 11) is 0. The molecule has 0 spiro atoms. The Morgan fingerprint density at radius 1 is 1.36 bits per heavy atom. The lowest BCUT2D eigenvalue weighted by atomic mass is 10.1. The van der Waals surface area contributed by atoms with E-state index in [1.807, 2.05) is 6.08 Å². The molecule has 0 saturated heterocycles. The van der Waals surface area contributed by atoms with Crippen LogP contribution in [0.1, 0.15) is 0 Å². The van der Waals surface area contributed by atoms with Crippen molar-refractivity contribution in [3.63, 3.8) is 0 Å². The third kappa shape index (κ3) is 1.60. The first-order chi connectivity index (χ1) is 4.97. The van der Waals surface area contributed by atoms with Gasteiger partial charge in [0.25, 0.3) is 0 Å². The van der Waals surface area contributed by atoms with Crippen LogP contribution in [0.15, 0.2) is 42.0 Å². The van der Waals surface area contributed by atoms with Crippen molar-refractivity contribution >= 4 is 11.8 Å². The van der Waals surface area contributed by atoms with E-state index < -0.39 is 0 Å². The molecular formula is C9H8OS. The maximum atomic E-state index is 3.11. The van der Waals surface area contributed by atoms with Gasteiger partial charge in [-0.1, -0.05) is 18.2 Å². The summed E-state index contributed by atoms with van der Waals surface area (Å²) in [6.07, 6.45) is 12.6. The quantitative estimate of drug-likeness (QED) is 0.514. The van der Waals surface area contributed by atoms with Crippen molar-refractivity contribution in [3.8, 4) is 0 Å². The Hall–Kier alpha value is -0.820. The summed E-state index contributed by atoms with van der Waals surface area (Å²) in [5.41, 5.74) is 1.38. The van der Waals surface area contributed by atoms with Crippen LogP contribution in [0.3, 0.4) is 0 Å². The fraction of sp³-hybridized carbons (Fsp3) is 0.111. The predicted octanol–water partition coefficient (Wildman–Crippen LogP) is 2.29. The average Bonchev–Trinajstić information content (AvgIpc) is 2.05. The highest BCUT2D eigenvalue weighted by Crippen LogP contribution is 2.28. The fourth-order valence-corrected chi connectivity index (χ4v) is 1.79. The van der Waals surface area contributed by atoms with Gasteiger partial charge in [-0.3, -0.25) is 0 Å². The maximum Gasteiger partial charge on any atom is 0.168 e. The molecule has 0 amide bonds. The lowest BCUT2D eigenvalue weighted by Crippen LogP contribution is -2.04. The molecule has 1 N–H and O–H groups in total. The first-order valence-corrected chi connectivity index (χ1v) is 4.14. The topological polar surface area (TPSA) is 30.0 Å². The predicted molar refractivity (Wildman–Crippen MR) is 47.5 cm³/mol. The van der Waals surface area contributed by atoms with Crippen molar-refractivity contribution in [2.45, 2.75) is 5.25 Å². The van der Waals surface area contributed by atoms with Gasteiger partial charge in [-0.05, 0) is 6.08 Å². The summed E-state index contributed by atoms with van der Waals surface area (Å²) in [6.45, 7) is 0. The zero-order valence-electron chi connectivity index (χ0n) is 5.90. The minimum atomic E-state index is 0. The zero-order chi connectivity index (χ0) is 6.81. The second kappa shape index (κ2) is 3.54. The van der Waals surface area contributed by atoms with Gasteiger partial charge < -0.3 is 5.48 Å². The summed E-state index contributed by atoms with van der Waals surface area (Å²) in [5, 5.41) is 3.64. The molecule has 0 aromatic rings. The van der Waals surface area contributed by atoms with Gasteiger partial charge in [-0.2, -0.15) is 0 Å². The molecule has 1 nitrogen and oxygen atoms in total. The molecule has 0 aromatic carbocycles. The molecular weight excluding hydrogens is 156 g/mol. The van der Waals surface area contributed by atoms with Crippen molar-refractivity contribution < 1.29 is 5.48 Å². The standard InChI is InChI=1S/C9H7S.H2O/c1-2-6-9-8(4-1)5-3-7-10-9;/h1-6,9H;1H2/q+1;/p-1. The number of hydrogen-bond donors (Lipinski definition) is 0. The Balaban J connectivity index is 0.000000605. The van der Waals surface area contributed by atoms with E-state index in [1.54, 1.807) is 11.8 Å². The van der Waals surface area contributed by atoms with E-state index >= 15 is 0 Å². The van der Waals surface area contributed by atoms with E-state index in [4.69, 9.17) is 0 Å². The molecule has 1 aliphatic heterocycles. The van der Waals surface area contributed by atoms with Crippen LogP contribution in [0.5, 0.6) is 0 Å². The summed E-state index contributed by atoms with van der Waals surface area (Å²) in [4.78, 5) is 0. The highest BCUT2D eigenvalue weighted by atomic mass is 32.2. The molecule has 1 atom stereocenters. The molecule has 11 heavy (non-hydrogen) atoms. The molecule has 2 rings (SSSR count). The van der Waals surface area contributed by atoms with Gasteiger partial charge in [-0.15, -0.1) is 0 Å². The largest absolute Gasteiger partial charge is 0.870 e. The van der Waals surface area contributed by atoms with Crippen LogP contribution < -0.4 is 0 Å². The maximum absolute atomic E-state index is 3.11. The van der Waals surface area contributed by atoms with Crippen molar-refractivity contribution in [2.24, 2.45) is 0 Å². The Morgan fingerprint density at radius 2 is 2.27 bits per heavy atom. The Morgan fingerprint density at radius 3 is 3.09 bits per heavy atom. The van der Waals surface area contributed by atoms with Crippen LogP contribution in [0.4, 0.5) is 0 Å². The molecule has 1 aliphatic carbocycles. The molecule has 0 radical (unpaired) electrons. The van der Waals surface area contributed by atoms with Gasteiger partial charge in [0.15, 0.2) is 6.08 Å². The Labute approximate surface area is 70.5 Å². The van der Waals surface area contributed by atoms with Crippen molar-refractivity contribution in [3.05, 3.63) is 47.4 Å². The fourth-order valence-electron chi connectivity index (χ4n) is 1.04. The summed E-state index contributed by atoms with van der Waals surface area (Å²) < 4.78 is 0. The number of hydrogen-bond acceptors (Lipinski definition) is 2. The minimum Gasteiger partial charge on any atom is -0.870 e. The van der Waals surface area contributed by atoms with E-state index in [-0.39, 0.29) is 5.48 Å². The second-order valence-corrected chi connectivity index (χ2v) is 3.21. The first-order valence-electron chi connectivity index (χ1n) is 3.26. The van der Waals surface area contributed by atoms with Gasteiger partial charge in [0.1, 0.15) is 5.41 Å². The highest BCUT2D eigenvalue weighted by molar-refractivity contribution is 8.01. The molecule has 0 aromatic heterocycles. The van der Waals surface area contributed by atoms with Gasteiger partial charge in [0.2, 0.25) is 0 Å². The van der Waals surface area contributed by atoms with E-state index in [0.29, 0.717) is 5.25 Å². The van der Waals surface area contributed by atoms with Crippen LogP contribution in [0, 0.1) is 5.41 Å². The van der Waals surface area contributed by atoms with Crippen molar-refractivity contribution in [2.75, 3.05) is 0 Å². The molecule has 56 valence electrons. The van der Waals surface area contributed by atoms with Crippen LogP contribution in [0.25, 0.3) is 0 Å². The first kappa shape index (κ1) is 8.28. The Kier molecular flexibility index (Phi) is 2.66. The third-order valence-electron chi connectivity index (χ3n) is 1.55. The Bertz CT molecular complexity index is 248. The van der Waals surface area contributed by atoms with Gasteiger partial charge in [0, 0.05) is 0 Å². The molecule has 0 bridgehead atoms. The molecule has 0 fully saturated rings. The molecule has 2 heteroatoms. The summed E-state index contributed by atoms with van der Waals surface area (Å²) in [5.74, 6) is 0. The van der Waals surface area contributed by atoms with E-state index in [2.05, 4.69) is 35.8 Å². The SMILES string of the molecule is [C+]1=CC=C2C=CC=CC2S1.[OH-]. The molecule has 0 saturated carbocycles. The lowest BCUT2D eigenvalue weighted by molar-refractivity contribution is 0.824. The smallest absolute Gasteiger partial charge is 0.168 e. The van der Waals surface area contributed by atoms with Gasteiger partial charge in [0.05, 0.1) is 28.7 Å². The van der Waals surface area contributed by atoms with E-state index in [1.165, 1.54) is 5.57 Å². The van der Waals surface area contributed by atoms with Crippen molar-refractivity contribution in [1.29, 1.82) is 0 Å². The van der Waals surface area contributed by atoms with Crippen LogP contribution >= 0.6 is 11.8 Å². The van der Waals surface area contributed by atoms with E-state index in [9.17, 15) is 0 Å². The third-order valence-corrected chi connectivity index (χ3v) is 2.51. The number of fused-ring (bicyclic) bond motifs is 1. The minimum absolute atomic E-state index is 0. The van der Waals surface area contributed by atoms with Gasteiger partial charge >= 0.3 is 0 Å². The normalized spacial score (nSPS) is 24.7. The average molecular weight is 164 g/mol. The number of allylic oxidation sites excluding steroid dienone is 5. The molecule has 1 heterocycles. The summed E-state index contributed by atoms with van der Waals surface area (Å²) in [6, 6.07) is 0. The highest BCUT2D eigenvalue weighted by Gasteiger charge is 2.19. The number of thioether (sulfide) groups is 1. The molecule has 2 aliphatic rings. The van der Waals surface area contributed by atoms with Crippen LogP contribution in [-0.4, -0.2) is 10.7 Å². The monoisotopic (exact) mass is 164 g/mol. The molecule has 1 unspecified atom stereocenters.